The van der Waals surface area contributed by atoms with E-state index in [1.807, 2.05) is 13.8 Å². The molecule has 2 rings (SSSR count). The second-order valence-corrected chi connectivity index (χ2v) is 7.86. The van der Waals surface area contributed by atoms with E-state index in [1.165, 1.54) is 16.9 Å². The number of amides is 1. The number of nitrogens with one attached hydrogen (secondary N) is 1. The number of carbonyl (C=O) groups is 1. The van der Waals surface area contributed by atoms with Crippen LogP contribution >= 0.6 is 11.3 Å². The minimum Gasteiger partial charge on any atom is -0.301 e. The van der Waals surface area contributed by atoms with Crippen LogP contribution in [0.15, 0.2) is 24.3 Å². The molecule has 0 saturated heterocycles. The molecule has 0 aliphatic rings. The number of aromatic nitrogens is 2. The standard InChI is InChI=1S/C17H23N3OS/c1-11(2)10-14(21)18-16-20-19-15(22-16)12-6-8-13(9-7-12)17(3,4)5/h6-9,11H,10H2,1-5H3,(H,18,20,21). The molecule has 0 fully saturated rings. The smallest absolute Gasteiger partial charge is 0.226 e. The van der Waals surface area contributed by atoms with Crippen molar-refractivity contribution in [3.63, 3.8) is 0 Å². The molecule has 0 unspecified atom stereocenters. The minimum atomic E-state index is -0.0132. The van der Waals surface area contributed by atoms with E-state index in [-0.39, 0.29) is 11.3 Å². The van der Waals surface area contributed by atoms with Crippen molar-refractivity contribution in [1.82, 2.24) is 10.2 Å². The zero-order valence-electron chi connectivity index (χ0n) is 13.8. The molecule has 1 N–H and O–H groups in total. The van der Waals surface area contributed by atoms with Gasteiger partial charge in [-0.25, -0.2) is 0 Å². The van der Waals surface area contributed by atoms with E-state index in [4.69, 9.17) is 0 Å². The van der Waals surface area contributed by atoms with Gasteiger partial charge in [-0.3, -0.25) is 4.79 Å². The van der Waals surface area contributed by atoms with Crippen LogP contribution < -0.4 is 5.32 Å². The normalized spacial score (nSPS) is 11.7. The minimum absolute atomic E-state index is 0.0132. The predicted molar refractivity (Wildman–Crippen MR) is 92.1 cm³/mol. The quantitative estimate of drug-likeness (QED) is 0.904. The van der Waals surface area contributed by atoms with Gasteiger partial charge in [0.15, 0.2) is 0 Å². The van der Waals surface area contributed by atoms with Gasteiger partial charge in [0.1, 0.15) is 5.01 Å². The number of nitrogens with zero attached hydrogens (tertiary/aromatic N) is 2. The number of rotatable bonds is 4. The number of benzene rings is 1. The first-order valence-electron chi connectivity index (χ1n) is 7.50. The molecule has 118 valence electrons. The lowest BCUT2D eigenvalue weighted by Gasteiger charge is -2.18. The molecule has 1 amide bonds. The highest BCUT2D eigenvalue weighted by atomic mass is 32.1. The van der Waals surface area contributed by atoms with E-state index in [1.54, 1.807) is 0 Å². The summed E-state index contributed by atoms with van der Waals surface area (Å²) in [5.74, 6) is 0.318. The highest BCUT2D eigenvalue weighted by Crippen LogP contribution is 2.29. The zero-order valence-corrected chi connectivity index (χ0v) is 14.6. The summed E-state index contributed by atoms with van der Waals surface area (Å²) in [6, 6.07) is 8.35. The maximum atomic E-state index is 11.8. The molecule has 0 atom stereocenters. The summed E-state index contributed by atoms with van der Waals surface area (Å²) in [5, 5.41) is 12.4. The van der Waals surface area contributed by atoms with Gasteiger partial charge in [0.2, 0.25) is 11.0 Å². The number of carbonyl (C=O) groups excluding carboxylic acids is 1. The molecule has 5 heteroatoms. The Morgan fingerprint density at radius 3 is 2.36 bits per heavy atom. The van der Waals surface area contributed by atoms with E-state index in [0.717, 1.165) is 10.6 Å². The summed E-state index contributed by atoms with van der Waals surface area (Å²) in [6.07, 6.45) is 0.495. The van der Waals surface area contributed by atoms with Crippen LogP contribution in [0.4, 0.5) is 5.13 Å². The molecule has 0 bridgehead atoms. The lowest BCUT2D eigenvalue weighted by molar-refractivity contribution is -0.116. The topological polar surface area (TPSA) is 54.9 Å². The van der Waals surface area contributed by atoms with Crippen LogP contribution in [0.25, 0.3) is 10.6 Å². The average Bonchev–Trinajstić information content (AvgIpc) is 2.85. The van der Waals surface area contributed by atoms with Crippen molar-refractivity contribution in [3.8, 4) is 10.6 Å². The summed E-state index contributed by atoms with van der Waals surface area (Å²) in [4.78, 5) is 11.8. The Morgan fingerprint density at radius 2 is 1.82 bits per heavy atom. The van der Waals surface area contributed by atoms with Crippen LogP contribution in [0.2, 0.25) is 0 Å². The Hall–Kier alpha value is -1.75. The van der Waals surface area contributed by atoms with E-state index in [0.29, 0.717) is 17.5 Å². The second-order valence-electron chi connectivity index (χ2n) is 6.89. The van der Waals surface area contributed by atoms with Crippen molar-refractivity contribution >= 4 is 22.4 Å². The Bertz CT molecular complexity index is 639. The summed E-state index contributed by atoms with van der Waals surface area (Å²) in [6.45, 7) is 10.6. The maximum Gasteiger partial charge on any atom is 0.226 e. The molecule has 22 heavy (non-hydrogen) atoms. The van der Waals surface area contributed by atoms with Gasteiger partial charge in [-0.1, -0.05) is 70.2 Å². The van der Waals surface area contributed by atoms with Gasteiger partial charge in [0.25, 0.3) is 0 Å². The van der Waals surface area contributed by atoms with Crippen LogP contribution in [0, 0.1) is 5.92 Å². The fourth-order valence-electron chi connectivity index (χ4n) is 2.04. The largest absolute Gasteiger partial charge is 0.301 e. The van der Waals surface area contributed by atoms with Crippen LogP contribution in [-0.4, -0.2) is 16.1 Å². The zero-order chi connectivity index (χ0) is 16.3. The highest BCUT2D eigenvalue weighted by Gasteiger charge is 2.14. The number of hydrogen-bond donors (Lipinski definition) is 1. The number of hydrogen-bond acceptors (Lipinski definition) is 4. The van der Waals surface area contributed by atoms with E-state index in [9.17, 15) is 4.79 Å². The first kappa shape index (κ1) is 16.6. The molecule has 4 nitrogen and oxygen atoms in total. The molecular formula is C17H23N3OS. The molecule has 1 aromatic heterocycles. The first-order valence-corrected chi connectivity index (χ1v) is 8.31. The second kappa shape index (κ2) is 6.57. The van der Waals surface area contributed by atoms with Gasteiger partial charge in [-0.15, -0.1) is 10.2 Å². The van der Waals surface area contributed by atoms with Crippen LogP contribution in [-0.2, 0) is 10.2 Å². The third-order valence-corrected chi connectivity index (χ3v) is 4.15. The van der Waals surface area contributed by atoms with Crippen molar-refractivity contribution < 1.29 is 4.79 Å². The Labute approximate surface area is 136 Å². The predicted octanol–water partition coefficient (Wildman–Crippen LogP) is 4.49. The SMILES string of the molecule is CC(C)CC(=O)Nc1nnc(-c2ccc(C(C)(C)C)cc2)s1. The summed E-state index contributed by atoms with van der Waals surface area (Å²) in [7, 11) is 0. The molecule has 0 radical (unpaired) electrons. The van der Waals surface area contributed by atoms with E-state index in [2.05, 4.69) is 60.6 Å². The molecule has 0 spiro atoms. The van der Waals surface area contributed by atoms with Gasteiger partial charge >= 0.3 is 0 Å². The third kappa shape index (κ3) is 4.37. The molecule has 0 aliphatic heterocycles. The van der Waals surface area contributed by atoms with Crippen molar-refractivity contribution in [3.05, 3.63) is 29.8 Å². The fraction of sp³-hybridized carbons (Fsp3) is 0.471. The summed E-state index contributed by atoms with van der Waals surface area (Å²) in [5.41, 5.74) is 2.44. The average molecular weight is 317 g/mol. The highest BCUT2D eigenvalue weighted by molar-refractivity contribution is 7.18. The van der Waals surface area contributed by atoms with Crippen LogP contribution in [0.5, 0.6) is 0 Å². The molecule has 1 heterocycles. The molecule has 2 aromatic rings. The van der Waals surface area contributed by atoms with Gasteiger partial charge < -0.3 is 5.32 Å². The van der Waals surface area contributed by atoms with Crippen molar-refractivity contribution in [2.24, 2.45) is 5.92 Å². The Balaban J connectivity index is 2.09. The molecule has 0 saturated carbocycles. The van der Waals surface area contributed by atoms with Gasteiger partial charge in [-0.05, 0) is 16.9 Å². The van der Waals surface area contributed by atoms with Crippen molar-refractivity contribution in [1.29, 1.82) is 0 Å². The first-order chi connectivity index (χ1) is 10.3. The maximum absolute atomic E-state index is 11.8. The van der Waals surface area contributed by atoms with Crippen LogP contribution in [0.3, 0.4) is 0 Å². The van der Waals surface area contributed by atoms with Gasteiger partial charge in [0, 0.05) is 12.0 Å². The Kier molecular flexibility index (Phi) is 4.96. The summed E-state index contributed by atoms with van der Waals surface area (Å²) >= 11 is 1.40. The van der Waals surface area contributed by atoms with Crippen LogP contribution in [0.1, 0.15) is 46.6 Å². The molecule has 0 aliphatic carbocycles. The van der Waals surface area contributed by atoms with Crippen molar-refractivity contribution in [2.45, 2.75) is 46.5 Å². The monoisotopic (exact) mass is 317 g/mol. The third-order valence-electron chi connectivity index (χ3n) is 3.26. The molecule has 1 aromatic carbocycles. The lowest BCUT2D eigenvalue weighted by atomic mass is 9.87. The van der Waals surface area contributed by atoms with Gasteiger partial charge in [-0.2, -0.15) is 0 Å². The summed E-state index contributed by atoms with van der Waals surface area (Å²) < 4.78 is 0. The van der Waals surface area contributed by atoms with E-state index < -0.39 is 0 Å². The lowest BCUT2D eigenvalue weighted by Crippen LogP contribution is -2.13. The number of anilines is 1. The van der Waals surface area contributed by atoms with Crippen molar-refractivity contribution in [2.75, 3.05) is 5.32 Å². The Morgan fingerprint density at radius 1 is 1.18 bits per heavy atom. The molecular weight excluding hydrogens is 294 g/mol. The fourth-order valence-corrected chi connectivity index (χ4v) is 2.81. The van der Waals surface area contributed by atoms with E-state index >= 15 is 0 Å². The van der Waals surface area contributed by atoms with Gasteiger partial charge in [0.05, 0.1) is 0 Å².